The van der Waals surface area contributed by atoms with Crippen LogP contribution < -0.4 is 14.9 Å². The van der Waals surface area contributed by atoms with E-state index in [-0.39, 0.29) is 39.4 Å². The fraction of sp³-hybridized carbons (Fsp3) is 0.231. The second-order valence-corrected chi connectivity index (χ2v) is 10.7. The number of sulfonamides is 1. The molecule has 0 atom stereocenters. The molecule has 0 bridgehead atoms. The van der Waals surface area contributed by atoms with Gasteiger partial charge in [0.05, 0.1) is 28.4 Å². The molecule has 0 fully saturated rings. The predicted molar refractivity (Wildman–Crippen MR) is 144 cm³/mol. The highest BCUT2D eigenvalue weighted by atomic mass is 35.5. The molecule has 39 heavy (non-hydrogen) atoms. The van der Waals surface area contributed by atoms with E-state index >= 15 is 0 Å². The van der Waals surface area contributed by atoms with Crippen LogP contribution in [0.4, 0.5) is 17.3 Å². The number of benzene rings is 2. The molecule has 0 saturated heterocycles. The van der Waals surface area contributed by atoms with Crippen molar-refractivity contribution in [3.05, 3.63) is 76.1 Å². The largest absolute Gasteiger partial charge is 0.462 e. The molecule has 4 rings (SSSR count). The van der Waals surface area contributed by atoms with E-state index in [4.69, 9.17) is 20.9 Å². The third kappa shape index (κ3) is 5.81. The lowest BCUT2D eigenvalue weighted by Gasteiger charge is -2.16. The monoisotopic (exact) mass is 572 g/mol. The Hall–Kier alpha value is -4.16. The number of esters is 1. The van der Waals surface area contributed by atoms with Crippen molar-refractivity contribution in [2.24, 2.45) is 0 Å². The zero-order chi connectivity index (χ0) is 28.3. The number of aryl methyl sites for hydroxylation is 1. The van der Waals surface area contributed by atoms with Crippen LogP contribution in [0, 0.1) is 13.8 Å². The topological polar surface area (TPSA) is 148 Å². The first kappa shape index (κ1) is 27.9. The van der Waals surface area contributed by atoms with Gasteiger partial charge in [-0.25, -0.2) is 22.8 Å². The van der Waals surface area contributed by atoms with Crippen molar-refractivity contribution >= 4 is 56.7 Å². The van der Waals surface area contributed by atoms with Gasteiger partial charge in [0, 0.05) is 11.3 Å². The fourth-order valence-corrected chi connectivity index (χ4v) is 4.82. The Bertz CT molecular complexity index is 1580. The molecule has 1 aliphatic rings. The number of carbonyl (C=O) groups is 3. The van der Waals surface area contributed by atoms with Crippen LogP contribution in [0.2, 0.25) is 0 Å². The number of anilines is 3. The smallest absolute Gasteiger partial charge is 0.338 e. The Balaban J connectivity index is 1.49. The van der Waals surface area contributed by atoms with E-state index in [1.807, 2.05) is 6.92 Å². The van der Waals surface area contributed by atoms with E-state index in [0.29, 0.717) is 23.4 Å². The number of hydrogen-bond donors (Lipinski definition) is 2. The first-order valence-electron chi connectivity index (χ1n) is 11.9. The lowest BCUT2D eigenvalue weighted by atomic mass is 10.2. The van der Waals surface area contributed by atoms with E-state index in [0.717, 1.165) is 11.3 Å². The second kappa shape index (κ2) is 11.3. The maximum atomic E-state index is 13.1. The molecule has 0 unspecified atom stereocenters. The Morgan fingerprint density at radius 2 is 1.82 bits per heavy atom. The number of aromatic nitrogens is 1. The summed E-state index contributed by atoms with van der Waals surface area (Å²) in [6.45, 7) is 5.59. The summed E-state index contributed by atoms with van der Waals surface area (Å²) in [5, 5.41) is 6.15. The Morgan fingerprint density at radius 1 is 1.10 bits per heavy atom. The number of hydrogen-bond acceptors (Lipinski definition) is 9. The number of nitrogens with one attached hydrogen (secondary N) is 2. The molecule has 2 amide bonds. The lowest BCUT2D eigenvalue weighted by molar-refractivity contribution is -0.120. The molecule has 2 heterocycles. The van der Waals surface area contributed by atoms with Crippen molar-refractivity contribution in [3.63, 3.8) is 0 Å². The molecular formula is C26H25ClN4O7S. The molecule has 13 heteroatoms. The summed E-state index contributed by atoms with van der Waals surface area (Å²) >= 11 is 6.21. The molecule has 2 N–H and O–H groups in total. The average molecular weight is 573 g/mol. The standard InChI is InChI=1S/C26H25ClN4O7S/c1-4-5-13-37-26(34)17-7-6-8-19(14-17)31-24(32)21(27)22(25(31)33)28-18-9-11-20(12-10-18)39(35,36)30-23-15(2)16(3)29-38-23/h6-12,14,28,30H,4-5,13H2,1-3H3. The minimum Gasteiger partial charge on any atom is -0.462 e. The lowest BCUT2D eigenvalue weighted by Crippen LogP contribution is -2.32. The van der Waals surface area contributed by atoms with Crippen molar-refractivity contribution in [2.45, 2.75) is 38.5 Å². The Morgan fingerprint density at radius 3 is 2.46 bits per heavy atom. The number of amides is 2. The van der Waals surface area contributed by atoms with Crippen LogP contribution >= 0.6 is 11.6 Å². The van der Waals surface area contributed by atoms with Crippen LogP contribution in [0.15, 0.2) is 68.7 Å². The van der Waals surface area contributed by atoms with Gasteiger partial charge in [-0.2, -0.15) is 0 Å². The van der Waals surface area contributed by atoms with Gasteiger partial charge in [-0.1, -0.05) is 36.2 Å². The highest BCUT2D eigenvalue weighted by Gasteiger charge is 2.39. The SMILES string of the molecule is CCCCOC(=O)c1cccc(N2C(=O)C(Cl)=C(Nc3ccc(S(=O)(=O)Nc4onc(C)c4C)cc3)C2=O)c1. The minimum absolute atomic E-state index is 0.0140. The first-order chi connectivity index (χ1) is 18.5. The summed E-state index contributed by atoms with van der Waals surface area (Å²) in [7, 11) is -3.98. The molecule has 1 aliphatic heterocycles. The first-order valence-corrected chi connectivity index (χ1v) is 13.8. The number of nitrogens with zero attached hydrogens (tertiary/aromatic N) is 2. The summed E-state index contributed by atoms with van der Waals surface area (Å²) in [6, 6.07) is 11.4. The van der Waals surface area contributed by atoms with Gasteiger partial charge in [-0.15, -0.1) is 0 Å². The molecule has 1 aromatic heterocycles. The number of unbranched alkanes of at least 4 members (excludes halogenated alkanes) is 1. The van der Waals surface area contributed by atoms with Gasteiger partial charge < -0.3 is 14.6 Å². The molecule has 0 radical (unpaired) electrons. The third-order valence-electron chi connectivity index (χ3n) is 5.92. The maximum absolute atomic E-state index is 13.1. The average Bonchev–Trinajstić information content (AvgIpc) is 3.33. The summed E-state index contributed by atoms with van der Waals surface area (Å²) in [4.78, 5) is 39.1. The summed E-state index contributed by atoms with van der Waals surface area (Å²) < 4.78 is 38.0. The van der Waals surface area contributed by atoms with Gasteiger partial charge in [-0.3, -0.25) is 9.59 Å². The van der Waals surface area contributed by atoms with Crippen molar-refractivity contribution in [2.75, 3.05) is 21.5 Å². The quantitative estimate of drug-likeness (QED) is 0.204. The van der Waals surface area contributed by atoms with E-state index < -0.39 is 27.8 Å². The van der Waals surface area contributed by atoms with Crippen molar-refractivity contribution in [3.8, 4) is 0 Å². The van der Waals surface area contributed by atoms with E-state index in [2.05, 4.69) is 15.2 Å². The molecular weight excluding hydrogens is 548 g/mol. The van der Waals surface area contributed by atoms with Crippen LogP contribution in [-0.2, 0) is 24.3 Å². The molecule has 2 aromatic carbocycles. The van der Waals surface area contributed by atoms with E-state index in [1.165, 1.54) is 48.5 Å². The normalized spacial score (nSPS) is 13.7. The number of rotatable bonds is 10. The van der Waals surface area contributed by atoms with Crippen molar-refractivity contribution < 1.29 is 32.1 Å². The van der Waals surface area contributed by atoms with Gasteiger partial charge in [0.15, 0.2) is 0 Å². The molecule has 0 aliphatic carbocycles. The van der Waals surface area contributed by atoms with Gasteiger partial charge in [-0.05, 0) is 62.7 Å². The maximum Gasteiger partial charge on any atom is 0.338 e. The molecule has 3 aromatic rings. The molecule has 0 spiro atoms. The number of ether oxygens (including phenoxy) is 1. The number of imide groups is 1. The number of carbonyl (C=O) groups excluding carboxylic acids is 3. The van der Waals surface area contributed by atoms with Crippen LogP contribution in [-0.4, -0.2) is 38.0 Å². The molecule has 11 nitrogen and oxygen atoms in total. The zero-order valence-corrected chi connectivity index (χ0v) is 22.9. The highest BCUT2D eigenvalue weighted by molar-refractivity contribution is 7.92. The van der Waals surface area contributed by atoms with Gasteiger partial charge in [0.1, 0.15) is 10.7 Å². The van der Waals surface area contributed by atoms with Crippen LogP contribution in [0.25, 0.3) is 0 Å². The van der Waals surface area contributed by atoms with Crippen LogP contribution in [0.3, 0.4) is 0 Å². The summed E-state index contributed by atoms with van der Waals surface area (Å²) in [5.41, 5.74) is 1.56. The Kier molecular flexibility index (Phi) is 8.07. The number of halogens is 1. The van der Waals surface area contributed by atoms with Gasteiger partial charge in [0.2, 0.25) is 5.88 Å². The second-order valence-electron chi connectivity index (χ2n) is 8.65. The van der Waals surface area contributed by atoms with E-state index in [1.54, 1.807) is 13.8 Å². The van der Waals surface area contributed by atoms with Gasteiger partial charge in [0.25, 0.3) is 21.8 Å². The minimum atomic E-state index is -3.98. The molecule has 204 valence electrons. The third-order valence-corrected chi connectivity index (χ3v) is 7.61. The molecule has 0 saturated carbocycles. The fourth-order valence-electron chi connectivity index (χ4n) is 3.56. The summed E-state index contributed by atoms with van der Waals surface area (Å²) in [5.74, 6) is -2.07. The van der Waals surface area contributed by atoms with Gasteiger partial charge >= 0.3 is 5.97 Å². The van der Waals surface area contributed by atoms with Crippen LogP contribution in [0.5, 0.6) is 0 Å². The van der Waals surface area contributed by atoms with E-state index in [9.17, 15) is 22.8 Å². The Labute approximate surface area is 229 Å². The predicted octanol–water partition coefficient (Wildman–Crippen LogP) is 4.48. The van der Waals surface area contributed by atoms with Crippen molar-refractivity contribution in [1.82, 2.24) is 5.16 Å². The zero-order valence-electron chi connectivity index (χ0n) is 21.3. The summed E-state index contributed by atoms with van der Waals surface area (Å²) in [6.07, 6.45) is 1.58. The highest BCUT2D eigenvalue weighted by Crippen LogP contribution is 2.31. The van der Waals surface area contributed by atoms with Crippen molar-refractivity contribution in [1.29, 1.82) is 0 Å². The van der Waals surface area contributed by atoms with Crippen LogP contribution in [0.1, 0.15) is 41.4 Å².